The molecule has 2 amide bonds. The lowest BCUT2D eigenvalue weighted by molar-refractivity contribution is -0.126. The van der Waals surface area contributed by atoms with Gasteiger partial charge in [0.05, 0.1) is 6.54 Å². The van der Waals surface area contributed by atoms with E-state index in [1.54, 1.807) is 11.0 Å². The van der Waals surface area contributed by atoms with E-state index in [1.807, 2.05) is 66.2 Å². The summed E-state index contributed by atoms with van der Waals surface area (Å²) in [5.74, 6) is -0.210. The van der Waals surface area contributed by atoms with Crippen molar-refractivity contribution in [3.8, 4) is 0 Å². The number of fused-ring (bicyclic) bond motifs is 1. The van der Waals surface area contributed by atoms with Gasteiger partial charge in [-0.2, -0.15) is 0 Å². The monoisotopic (exact) mass is 340 g/mol. The first-order valence-electron chi connectivity index (χ1n) is 8.49. The highest BCUT2D eigenvalue weighted by atomic mass is 16.2. The number of nitrogens with zero attached hydrogens (tertiary/aromatic N) is 3. The predicted octanol–water partition coefficient (Wildman–Crippen LogP) is 1.19. The van der Waals surface area contributed by atoms with Crippen molar-refractivity contribution in [2.75, 3.05) is 27.2 Å². The highest BCUT2D eigenvalue weighted by molar-refractivity contribution is 5.97. The zero-order chi connectivity index (χ0) is 17.8. The maximum absolute atomic E-state index is 12.9. The van der Waals surface area contributed by atoms with E-state index in [4.69, 9.17) is 0 Å². The molecule has 0 aliphatic carbocycles. The highest BCUT2D eigenvalue weighted by Crippen LogP contribution is 2.21. The summed E-state index contributed by atoms with van der Waals surface area (Å²) >= 11 is 0. The largest absolute Gasteiger partial charge is 0.353 e. The van der Waals surface area contributed by atoms with Crippen LogP contribution in [0.15, 0.2) is 48.7 Å². The molecule has 1 atom stereocenters. The third-order valence-corrected chi connectivity index (χ3v) is 4.41. The van der Waals surface area contributed by atoms with Crippen LogP contribution in [0.5, 0.6) is 0 Å². The molecule has 1 unspecified atom stereocenters. The maximum Gasteiger partial charge on any atom is 0.271 e. The zero-order valence-corrected chi connectivity index (χ0v) is 14.7. The molecular formula is C19H24N4O2. The fraction of sp³-hybridized carbons (Fsp3) is 0.368. The quantitative estimate of drug-likeness (QED) is 0.859. The summed E-state index contributed by atoms with van der Waals surface area (Å²) < 4.78 is 1.86. The summed E-state index contributed by atoms with van der Waals surface area (Å²) in [6.45, 7) is 2.24. The molecule has 0 bridgehead atoms. The van der Waals surface area contributed by atoms with E-state index in [-0.39, 0.29) is 11.8 Å². The molecule has 0 saturated heterocycles. The van der Waals surface area contributed by atoms with Gasteiger partial charge in [-0.05, 0) is 31.8 Å². The van der Waals surface area contributed by atoms with E-state index in [1.165, 1.54) is 0 Å². The Hall–Kier alpha value is -2.60. The highest BCUT2D eigenvalue weighted by Gasteiger charge is 2.36. The number of rotatable bonds is 6. The van der Waals surface area contributed by atoms with Crippen LogP contribution < -0.4 is 5.32 Å². The molecule has 6 nitrogen and oxygen atoms in total. The van der Waals surface area contributed by atoms with Crippen molar-refractivity contribution in [2.45, 2.75) is 19.1 Å². The van der Waals surface area contributed by atoms with E-state index < -0.39 is 6.04 Å². The molecule has 1 aliphatic heterocycles. The number of hydrogen-bond acceptors (Lipinski definition) is 3. The number of hydrogen-bond donors (Lipinski definition) is 1. The predicted molar refractivity (Wildman–Crippen MR) is 96.1 cm³/mol. The second-order valence-electron chi connectivity index (χ2n) is 6.57. The van der Waals surface area contributed by atoms with Crippen LogP contribution in [0, 0.1) is 0 Å². The van der Waals surface area contributed by atoms with E-state index >= 15 is 0 Å². The lowest BCUT2D eigenvalue weighted by Crippen LogP contribution is -2.55. The van der Waals surface area contributed by atoms with Crippen molar-refractivity contribution in [1.29, 1.82) is 0 Å². The van der Waals surface area contributed by atoms with Gasteiger partial charge in [0, 0.05) is 25.8 Å². The number of aromatic nitrogens is 1. The van der Waals surface area contributed by atoms with Crippen molar-refractivity contribution in [3.63, 3.8) is 0 Å². The Morgan fingerprint density at radius 3 is 2.68 bits per heavy atom. The van der Waals surface area contributed by atoms with Crippen molar-refractivity contribution >= 4 is 11.8 Å². The summed E-state index contributed by atoms with van der Waals surface area (Å²) in [6, 6.07) is 12.9. The Morgan fingerprint density at radius 1 is 1.20 bits per heavy atom. The van der Waals surface area contributed by atoms with Gasteiger partial charge in [0.25, 0.3) is 5.91 Å². The summed E-state index contributed by atoms with van der Waals surface area (Å²) in [5.41, 5.74) is 1.65. The summed E-state index contributed by atoms with van der Waals surface area (Å²) in [4.78, 5) is 29.3. The van der Waals surface area contributed by atoms with E-state index in [0.29, 0.717) is 25.3 Å². The van der Waals surface area contributed by atoms with E-state index in [9.17, 15) is 9.59 Å². The van der Waals surface area contributed by atoms with Crippen molar-refractivity contribution in [2.24, 2.45) is 0 Å². The molecule has 6 heteroatoms. The normalized spacial score (nSPS) is 16.8. The topological polar surface area (TPSA) is 57.6 Å². The first-order valence-corrected chi connectivity index (χ1v) is 8.49. The zero-order valence-electron chi connectivity index (χ0n) is 14.7. The molecule has 2 heterocycles. The average Bonchev–Trinajstić information content (AvgIpc) is 3.06. The molecule has 0 spiro atoms. The minimum atomic E-state index is -0.505. The van der Waals surface area contributed by atoms with E-state index in [2.05, 4.69) is 5.32 Å². The number of likely N-dealkylation sites (N-methyl/N-ethyl adjacent to an activating group) is 1. The number of carbonyl (C=O) groups is 2. The smallest absolute Gasteiger partial charge is 0.271 e. The van der Waals surface area contributed by atoms with Crippen LogP contribution >= 0.6 is 0 Å². The number of carbonyl (C=O) groups excluding carboxylic acids is 2. The second kappa shape index (κ2) is 7.53. The first-order chi connectivity index (χ1) is 12.1. The average molecular weight is 340 g/mol. The molecule has 132 valence electrons. The molecule has 25 heavy (non-hydrogen) atoms. The maximum atomic E-state index is 12.9. The van der Waals surface area contributed by atoms with Crippen LogP contribution in [-0.2, 0) is 17.9 Å². The Morgan fingerprint density at radius 2 is 1.96 bits per heavy atom. The van der Waals surface area contributed by atoms with Crippen molar-refractivity contribution < 1.29 is 9.59 Å². The Balaban J connectivity index is 1.80. The minimum absolute atomic E-state index is 0.104. The SMILES string of the molecule is CN(C)CCNC(=O)C1Cn2cccc2C(=O)N1Cc1ccccc1. The van der Waals surface area contributed by atoms with E-state index in [0.717, 1.165) is 12.1 Å². The van der Waals surface area contributed by atoms with Crippen LogP contribution in [-0.4, -0.2) is 59.4 Å². The second-order valence-corrected chi connectivity index (χ2v) is 6.57. The summed E-state index contributed by atoms with van der Waals surface area (Å²) in [5, 5.41) is 2.96. The number of amides is 2. The van der Waals surface area contributed by atoms with Crippen molar-refractivity contribution in [3.05, 3.63) is 59.9 Å². The molecule has 1 N–H and O–H groups in total. The summed E-state index contributed by atoms with van der Waals surface area (Å²) in [6.07, 6.45) is 1.85. The Bertz CT molecular complexity index is 739. The fourth-order valence-corrected chi connectivity index (χ4v) is 3.05. The molecular weight excluding hydrogens is 316 g/mol. The van der Waals surface area contributed by atoms with Gasteiger partial charge in [-0.1, -0.05) is 30.3 Å². The number of nitrogens with one attached hydrogen (secondary N) is 1. The van der Waals surface area contributed by atoms with Crippen LogP contribution in [0.4, 0.5) is 0 Å². The first kappa shape index (κ1) is 17.2. The van der Waals surface area contributed by atoms with Gasteiger partial charge in [-0.25, -0.2) is 0 Å². The van der Waals surface area contributed by atoms with Gasteiger partial charge < -0.3 is 19.7 Å². The van der Waals surface area contributed by atoms with Gasteiger partial charge in [-0.3, -0.25) is 9.59 Å². The lowest BCUT2D eigenvalue weighted by Gasteiger charge is -2.35. The number of benzene rings is 1. The van der Waals surface area contributed by atoms with Gasteiger partial charge >= 0.3 is 0 Å². The van der Waals surface area contributed by atoms with Crippen molar-refractivity contribution in [1.82, 2.24) is 19.7 Å². The van der Waals surface area contributed by atoms with Gasteiger partial charge in [0.2, 0.25) is 5.91 Å². The molecule has 0 fully saturated rings. The molecule has 0 radical (unpaired) electrons. The summed E-state index contributed by atoms with van der Waals surface area (Å²) in [7, 11) is 3.92. The fourth-order valence-electron chi connectivity index (χ4n) is 3.05. The lowest BCUT2D eigenvalue weighted by atomic mass is 10.1. The molecule has 1 aliphatic rings. The Kier molecular flexibility index (Phi) is 5.19. The van der Waals surface area contributed by atoms with Crippen LogP contribution in [0.2, 0.25) is 0 Å². The minimum Gasteiger partial charge on any atom is -0.353 e. The standard InChI is InChI=1S/C19H24N4O2/c1-21(2)12-10-20-18(24)17-14-22-11-6-9-16(22)19(25)23(17)13-15-7-4-3-5-8-15/h3-9,11,17H,10,12-14H2,1-2H3,(H,20,24). The molecule has 2 aromatic rings. The van der Waals surface area contributed by atoms with Crippen LogP contribution in [0.3, 0.4) is 0 Å². The van der Waals surface area contributed by atoms with Crippen LogP contribution in [0.1, 0.15) is 16.1 Å². The van der Waals surface area contributed by atoms with Crippen LogP contribution in [0.25, 0.3) is 0 Å². The third-order valence-electron chi connectivity index (χ3n) is 4.41. The van der Waals surface area contributed by atoms with Gasteiger partial charge in [0.1, 0.15) is 11.7 Å². The molecule has 1 aromatic heterocycles. The molecule has 3 rings (SSSR count). The van der Waals surface area contributed by atoms with Gasteiger partial charge in [0.15, 0.2) is 0 Å². The third kappa shape index (κ3) is 3.91. The molecule has 0 saturated carbocycles. The Labute approximate surface area is 148 Å². The van der Waals surface area contributed by atoms with Gasteiger partial charge in [-0.15, -0.1) is 0 Å². The molecule has 1 aromatic carbocycles.